The van der Waals surface area contributed by atoms with Crippen molar-refractivity contribution < 1.29 is 15.0 Å². The zero-order chi connectivity index (χ0) is 16.9. The summed E-state index contributed by atoms with van der Waals surface area (Å²) in [5.41, 5.74) is 2.21. The van der Waals surface area contributed by atoms with Crippen molar-refractivity contribution in [2.75, 3.05) is 0 Å². The molecule has 120 valence electrons. The van der Waals surface area contributed by atoms with E-state index in [1.165, 1.54) is 18.3 Å². The number of carbonyl (C=O) groups is 1. The Hall–Kier alpha value is -3.34. The van der Waals surface area contributed by atoms with Crippen LogP contribution in [-0.2, 0) is 11.3 Å². The van der Waals surface area contributed by atoms with Crippen LogP contribution in [0.5, 0.6) is 5.75 Å². The topological polar surface area (TPSA) is 81.9 Å². The molecule has 2 aromatic carbocycles. The van der Waals surface area contributed by atoms with Crippen LogP contribution in [0.1, 0.15) is 11.1 Å². The van der Waals surface area contributed by atoms with Gasteiger partial charge in [-0.2, -0.15) is 0 Å². The lowest BCUT2D eigenvalue weighted by Crippen LogP contribution is -2.16. The van der Waals surface area contributed by atoms with Gasteiger partial charge in [0, 0.05) is 6.21 Å². The number of aliphatic imine (C=N–C) groups is 1. The molecule has 1 heterocycles. The third kappa shape index (κ3) is 3.52. The third-order valence-corrected chi connectivity index (χ3v) is 3.54. The van der Waals surface area contributed by atoms with Crippen LogP contribution in [0.3, 0.4) is 0 Å². The number of amides is 1. The van der Waals surface area contributed by atoms with Crippen molar-refractivity contribution >= 4 is 18.2 Å². The van der Waals surface area contributed by atoms with Crippen LogP contribution in [0.25, 0.3) is 6.08 Å². The Kier molecular flexibility index (Phi) is 4.43. The lowest BCUT2D eigenvalue weighted by molar-refractivity contribution is -0.115. The molecule has 0 fully saturated rings. The molecule has 0 aromatic heterocycles. The molecular formula is C19H16N2O3. The van der Waals surface area contributed by atoms with E-state index >= 15 is 0 Å². The van der Waals surface area contributed by atoms with E-state index in [4.69, 9.17) is 0 Å². The largest absolute Gasteiger partial charge is 0.508 e. The van der Waals surface area contributed by atoms with E-state index in [0.717, 1.165) is 11.1 Å². The van der Waals surface area contributed by atoms with Gasteiger partial charge in [0.1, 0.15) is 11.3 Å². The number of phenols is 1. The van der Waals surface area contributed by atoms with Gasteiger partial charge in [0.25, 0.3) is 5.91 Å². The van der Waals surface area contributed by atoms with Crippen molar-refractivity contribution in [3.63, 3.8) is 0 Å². The second kappa shape index (κ2) is 6.83. The molecule has 2 aromatic rings. The van der Waals surface area contributed by atoms with Gasteiger partial charge in [-0.05, 0) is 29.3 Å². The summed E-state index contributed by atoms with van der Waals surface area (Å²) in [6, 6.07) is 16.1. The smallest absolute Gasteiger partial charge is 0.261 e. The van der Waals surface area contributed by atoms with E-state index in [0.29, 0.717) is 12.2 Å². The van der Waals surface area contributed by atoms with Crippen LogP contribution < -0.4 is 5.32 Å². The molecule has 0 spiro atoms. The maximum absolute atomic E-state index is 12.0. The summed E-state index contributed by atoms with van der Waals surface area (Å²) < 4.78 is 0. The number of aliphatic hydroxyl groups excluding tert-OH is 1. The fraction of sp³-hybridized carbons (Fsp3) is 0.0526. The highest BCUT2D eigenvalue weighted by Gasteiger charge is 2.25. The summed E-state index contributed by atoms with van der Waals surface area (Å²) in [7, 11) is 0. The molecule has 0 saturated heterocycles. The van der Waals surface area contributed by atoms with Crippen molar-refractivity contribution in [3.8, 4) is 5.75 Å². The molecule has 5 heteroatoms. The second-order valence-electron chi connectivity index (χ2n) is 5.32. The fourth-order valence-corrected chi connectivity index (χ4v) is 2.29. The Morgan fingerprint density at radius 2 is 1.71 bits per heavy atom. The molecule has 0 saturated carbocycles. The molecule has 3 rings (SSSR count). The van der Waals surface area contributed by atoms with Crippen LogP contribution in [0, 0.1) is 0 Å². The van der Waals surface area contributed by atoms with Gasteiger partial charge in [-0.15, -0.1) is 0 Å². The molecule has 1 amide bonds. The van der Waals surface area contributed by atoms with E-state index in [-0.39, 0.29) is 17.1 Å². The summed E-state index contributed by atoms with van der Waals surface area (Å²) in [6.07, 6.45) is 3.01. The molecule has 24 heavy (non-hydrogen) atoms. The van der Waals surface area contributed by atoms with Crippen LogP contribution in [-0.4, -0.2) is 22.3 Å². The van der Waals surface area contributed by atoms with Gasteiger partial charge < -0.3 is 15.5 Å². The minimum absolute atomic E-state index is 0.134. The Balaban J connectivity index is 1.78. The fourth-order valence-electron chi connectivity index (χ4n) is 2.29. The number of nitrogens with one attached hydrogen (secondary N) is 1. The lowest BCUT2D eigenvalue weighted by atomic mass is 10.1. The van der Waals surface area contributed by atoms with E-state index < -0.39 is 5.91 Å². The third-order valence-electron chi connectivity index (χ3n) is 3.54. The molecule has 0 aliphatic carbocycles. The Morgan fingerprint density at radius 3 is 2.42 bits per heavy atom. The normalized spacial score (nSPS) is 16.2. The Bertz CT molecular complexity index is 835. The molecule has 0 bridgehead atoms. The molecule has 3 N–H and O–H groups in total. The number of hydrogen-bond donors (Lipinski definition) is 3. The zero-order valence-corrected chi connectivity index (χ0v) is 12.8. The minimum atomic E-state index is -0.394. The van der Waals surface area contributed by atoms with E-state index in [1.807, 2.05) is 30.3 Å². The number of benzene rings is 2. The summed E-state index contributed by atoms with van der Waals surface area (Å²) in [5.74, 6) is -0.375. The average molecular weight is 320 g/mol. The van der Waals surface area contributed by atoms with Gasteiger partial charge in [-0.1, -0.05) is 42.5 Å². The summed E-state index contributed by atoms with van der Waals surface area (Å²) >= 11 is 0. The van der Waals surface area contributed by atoms with Gasteiger partial charge in [0.05, 0.1) is 12.2 Å². The highest BCUT2D eigenvalue weighted by atomic mass is 16.3. The number of carbonyl (C=O) groups excluding carboxylic acids is 1. The van der Waals surface area contributed by atoms with Crippen LogP contribution in [0.4, 0.5) is 0 Å². The van der Waals surface area contributed by atoms with Crippen molar-refractivity contribution in [3.05, 3.63) is 82.8 Å². The van der Waals surface area contributed by atoms with Crippen molar-refractivity contribution in [1.82, 2.24) is 5.32 Å². The maximum Gasteiger partial charge on any atom is 0.261 e. The quantitative estimate of drug-likeness (QED) is 0.758. The summed E-state index contributed by atoms with van der Waals surface area (Å²) in [4.78, 5) is 16.2. The zero-order valence-electron chi connectivity index (χ0n) is 12.8. The van der Waals surface area contributed by atoms with E-state index in [1.54, 1.807) is 18.2 Å². The SMILES string of the molecule is O=C1N/C(=C/c2ccc(O)cc2)C(O)=C1C=NCc1ccccc1. The van der Waals surface area contributed by atoms with Crippen molar-refractivity contribution in [2.24, 2.45) is 4.99 Å². The molecular weight excluding hydrogens is 304 g/mol. The van der Waals surface area contributed by atoms with Gasteiger partial charge in [0.2, 0.25) is 0 Å². The monoisotopic (exact) mass is 320 g/mol. The summed E-state index contributed by atoms with van der Waals surface area (Å²) in [6.45, 7) is 0.432. The predicted molar refractivity (Wildman–Crippen MR) is 92.5 cm³/mol. The maximum atomic E-state index is 12.0. The van der Waals surface area contributed by atoms with Crippen LogP contribution in [0.2, 0.25) is 0 Å². The van der Waals surface area contributed by atoms with Gasteiger partial charge >= 0.3 is 0 Å². The number of hydrogen-bond acceptors (Lipinski definition) is 4. The van der Waals surface area contributed by atoms with Gasteiger partial charge in [-0.3, -0.25) is 9.79 Å². The Labute approximate surface area is 139 Å². The van der Waals surface area contributed by atoms with Gasteiger partial charge in [-0.25, -0.2) is 0 Å². The first kappa shape index (κ1) is 15.6. The predicted octanol–water partition coefficient (Wildman–Crippen LogP) is 2.95. The highest BCUT2D eigenvalue weighted by molar-refractivity contribution is 6.16. The average Bonchev–Trinajstić information content (AvgIpc) is 2.85. The number of phenolic OH excluding ortho intramolecular Hbond substituents is 1. The van der Waals surface area contributed by atoms with Crippen molar-refractivity contribution in [2.45, 2.75) is 6.54 Å². The first-order valence-corrected chi connectivity index (χ1v) is 7.43. The molecule has 5 nitrogen and oxygen atoms in total. The standard InChI is InChI=1S/C19H16N2O3/c22-15-8-6-13(7-9-15)10-17-18(23)16(19(24)21-17)12-20-11-14-4-2-1-3-5-14/h1-10,12,22-23H,11H2,(H,21,24)/b17-10+,20-12?. The van der Waals surface area contributed by atoms with Crippen molar-refractivity contribution in [1.29, 1.82) is 0 Å². The first-order chi connectivity index (χ1) is 11.6. The Morgan fingerprint density at radius 1 is 1.00 bits per heavy atom. The molecule has 1 aliphatic rings. The number of rotatable bonds is 4. The lowest BCUT2D eigenvalue weighted by Gasteiger charge is -1.99. The number of nitrogens with zero attached hydrogens (tertiary/aromatic N) is 1. The number of aliphatic hydroxyl groups is 1. The molecule has 0 radical (unpaired) electrons. The molecule has 1 aliphatic heterocycles. The molecule has 0 unspecified atom stereocenters. The van der Waals surface area contributed by atoms with E-state index in [2.05, 4.69) is 10.3 Å². The van der Waals surface area contributed by atoms with E-state index in [9.17, 15) is 15.0 Å². The molecule has 0 atom stereocenters. The first-order valence-electron chi connectivity index (χ1n) is 7.43. The minimum Gasteiger partial charge on any atom is -0.508 e. The number of aromatic hydroxyl groups is 1. The highest BCUT2D eigenvalue weighted by Crippen LogP contribution is 2.21. The van der Waals surface area contributed by atoms with Crippen LogP contribution in [0.15, 0.2) is 76.6 Å². The van der Waals surface area contributed by atoms with Gasteiger partial charge in [0.15, 0.2) is 5.76 Å². The van der Waals surface area contributed by atoms with Crippen LogP contribution >= 0.6 is 0 Å². The summed E-state index contributed by atoms with van der Waals surface area (Å²) in [5, 5.41) is 22.1. The second-order valence-corrected chi connectivity index (χ2v) is 5.32.